The van der Waals surface area contributed by atoms with E-state index in [0.717, 1.165) is 41.2 Å². The fourth-order valence-electron chi connectivity index (χ4n) is 2.96. The van der Waals surface area contributed by atoms with Crippen LogP contribution >= 0.6 is 0 Å². The monoisotopic (exact) mass is 318 g/mol. The van der Waals surface area contributed by atoms with Crippen LogP contribution < -0.4 is 0 Å². The molecular formula is C22H22O2. The van der Waals surface area contributed by atoms with Crippen molar-refractivity contribution in [2.75, 3.05) is 0 Å². The number of hydrogen-bond donors (Lipinski definition) is 1. The van der Waals surface area contributed by atoms with Crippen LogP contribution in [0.1, 0.15) is 47.7 Å². The van der Waals surface area contributed by atoms with Gasteiger partial charge in [-0.1, -0.05) is 55.8 Å². The van der Waals surface area contributed by atoms with Gasteiger partial charge in [-0.2, -0.15) is 0 Å². The van der Waals surface area contributed by atoms with Crippen molar-refractivity contribution in [3.63, 3.8) is 0 Å². The van der Waals surface area contributed by atoms with Gasteiger partial charge < -0.3 is 5.11 Å². The molecule has 0 aliphatic heterocycles. The summed E-state index contributed by atoms with van der Waals surface area (Å²) in [4.78, 5) is 12.2. The fraction of sp³-hybridized carbons (Fsp3) is 0.227. The molecule has 122 valence electrons. The minimum atomic E-state index is 0.229. The Balaban J connectivity index is 1.80. The number of phenols is 1. The quantitative estimate of drug-likeness (QED) is 0.608. The van der Waals surface area contributed by atoms with Gasteiger partial charge in [0.2, 0.25) is 0 Å². The van der Waals surface area contributed by atoms with Crippen LogP contribution in [0.15, 0.2) is 60.7 Å². The van der Waals surface area contributed by atoms with Gasteiger partial charge in [0.1, 0.15) is 5.75 Å². The second-order valence-electron chi connectivity index (χ2n) is 6.27. The summed E-state index contributed by atoms with van der Waals surface area (Å²) in [5.41, 5.74) is 3.16. The molecule has 2 nitrogen and oxygen atoms in total. The predicted molar refractivity (Wildman–Crippen MR) is 98.7 cm³/mol. The topological polar surface area (TPSA) is 37.3 Å². The van der Waals surface area contributed by atoms with Crippen LogP contribution in [0.3, 0.4) is 0 Å². The summed E-state index contributed by atoms with van der Waals surface area (Å²) in [5, 5.41) is 11.7. The number of hydrogen-bond acceptors (Lipinski definition) is 2. The van der Waals surface area contributed by atoms with Crippen LogP contribution in [0.25, 0.3) is 10.8 Å². The molecule has 0 heterocycles. The molecule has 3 aromatic carbocycles. The highest BCUT2D eigenvalue weighted by Crippen LogP contribution is 2.22. The molecule has 0 fully saturated rings. The lowest BCUT2D eigenvalue weighted by atomic mass is 9.98. The average Bonchev–Trinajstić information content (AvgIpc) is 2.60. The van der Waals surface area contributed by atoms with E-state index >= 15 is 0 Å². The van der Waals surface area contributed by atoms with Gasteiger partial charge in [-0.3, -0.25) is 4.79 Å². The third-order valence-corrected chi connectivity index (χ3v) is 4.30. The van der Waals surface area contributed by atoms with Gasteiger partial charge in [0.05, 0.1) is 0 Å². The van der Waals surface area contributed by atoms with Gasteiger partial charge in [-0.15, -0.1) is 0 Å². The molecule has 0 aliphatic carbocycles. The first kappa shape index (κ1) is 16.3. The van der Waals surface area contributed by atoms with E-state index in [0.29, 0.717) is 6.42 Å². The first-order valence-corrected chi connectivity index (χ1v) is 8.49. The summed E-state index contributed by atoms with van der Waals surface area (Å²) in [6.45, 7) is 2.10. The largest absolute Gasteiger partial charge is 0.508 e. The van der Waals surface area contributed by atoms with Crippen molar-refractivity contribution in [3.05, 3.63) is 77.4 Å². The predicted octanol–water partition coefficient (Wildman–Crippen LogP) is 5.51. The maximum Gasteiger partial charge on any atom is 0.162 e. The highest BCUT2D eigenvalue weighted by atomic mass is 16.3. The first-order valence-electron chi connectivity index (χ1n) is 8.49. The SMILES string of the molecule is CCCCC(=O)c1cccc(Cc2ccc3cc(O)ccc3c2)c1. The van der Waals surface area contributed by atoms with Crippen molar-refractivity contribution in [1.82, 2.24) is 0 Å². The third-order valence-electron chi connectivity index (χ3n) is 4.30. The molecule has 1 N–H and O–H groups in total. The number of benzene rings is 3. The molecule has 3 aromatic rings. The highest BCUT2D eigenvalue weighted by molar-refractivity contribution is 5.96. The molecular weight excluding hydrogens is 296 g/mol. The fourth-order valence-corrected chi connectivity index (χ4v) is 2.96. The number of carbonyl (C=O) groups is 1. The van der Waals surface area contributed by atoms with Crippen LogP contribution in [-0.2, 0) is 6.42 Å². The van der Waals surface area contributed by atoms with E-state index in [9.17, 15) is 9.90 Å². The van der Waals surface area contributed by atoms with Gasteiger partial charge in [-0.25, -0.2) is 0 Å². The number of aromatic hydroxyl groups is 1. The molecule has 3 rings (SSSR count). The van der Waals surface area contributed by atoms with Crippen molar-refractivity contribution >= 4 is 16.6 Å². The summed E-state index contributed by atoms with van der Waals surface area (Å²) in [5.74, 6) is 0.515. The average molecular weight is 318 g/mol. The molecule has 0 bridgehead atoms. The van der Waals surface area contributed by atoms with Gasteiger partial charge >= 0.3 is 0 Å². The van der Waals surface area contributed by atoms with Crippen LogP contribution in [0.2, 0.25) is 0 Å². The van der Waals surface area contributed by atoms with E-state index in [1.54, 1.807) is 12.1 Å². The lowest BCUT2D eigenvalue weighted by molar-refractivity contribution is 0.0979. The van der Waals surface area contributed by atoms with Gasteiger partial charge in [0, 0.05) is 12.0 Å². The number of unbranched alkanes of at least 4 members (excludes halogenated alkanes) is 1. The smallest absolute Gasteiger partial charge is 0.162 e. The lowest BCUT2D eigenvalue weighted by Gasteiger charge is -2.07. The van der Waals surface area contributed by atoms with E-state index in [-0.39, 0.29) is 11.5 Å². The Hall–Kier alpha value is -2.61. The Morgan fingerprint density at radius 3 is 2.50 bits per heavy atom. The molecule has 0 aliphatic rings. The van der Waals surface area contributed by atoms with Crippen LogP contribution in [0.5, 0.6) is 5.75 Å². The zero-order valence-electron chi connectivity index (χ0n) is 14.0. The van der Waals surface area contributed by atoms with Crippen LogP contribution in [0, 0.1) is 0 Å². The molecule has 2 heteroatoms. The summed E-state index contributed by atoms with van der Waals surface area (Å²) in [7, 11) is 0. The normalized spacial score (nSPS) is 10.9. The van der Waals surface area contributed by atoms with E-state index in [1.807, 2.05) is 30.3 Å². The Labute approximate surface area is 142 Å². The number of rotatable bonds is 6. The highest BCUT2D eigenvalue weighted by Gasteiger charge is 2.07. The maximum atomic E-state index is 12.2. The standard InChI is InChI=1S/C22H22O2/c1-2-3-7-22(24)20-6-4-5-16(14-20)12-17-8-9-19-15-21(23)11-10-18(19)13-17/h4-6,8-11,13-15,23H,2-3,7,12H2,1H3. The Kier molecular flexibility index (Phi) is 4.95. The maximum absolute atomic E-state index is 12.2. The minimum Gasteiger partial charge on any atom is -0.508 e. The van der Waals surface area contributed by atoms with Crippen molar-refractivity contribution < 1.29 is 9.90 Å². The Morgan fingerprint density at radius 2 is 1.67 bits per heavy atom. The zero-order chi connectivity index (χ0) is 16.9. The molecule has 0 unspecified atom stereocenters. The van der Waals surface area contributed by atoms with Crippen LogP contribution in [0.4, 0.5) is 0 Å². The molecule has 0 spiro atoms. The molecule has 0 aromatic heterocycles. The summed E-state index contributed by atoms with van der Waals surface area (Å²) < 4.78 is 0. The second kappa shape index (κ2) is 7.31. The summed E-state index contributed by atoms with van der Waals surface area (Å²) in [6, 6.07) is 19.6. The second-order valence-corrected chi connectivity index (χ2v) is 6.27. The first-order chi connectivity index (χ1) is 11.7. The molecule has 0 amide bonds. The number of phenolic OH excluding ortho intramolecular Hbond substituents is 1. The van der Waals surface area contributed by atoms with E-state index in [4.69, 9.17) is 0 Å². The van der Waals surface area contributed by atoms with Gasteiger partial charge in [-0.05, 0) is 52.9 Å². The Morgan fingerprint density at radius 1 is 0.917 bits per heavy atom. The molecule has 0 saturated heterocycles. The van der Waals surface area contributed by atoms with Crippen molar-refractivity contribution in [2.24, 2.45) is 0 Å². The summed E-state index contributed by atoms with van der Waals surface area (Å²) >= 11 is 0. The van der Waals surface area contributed by atoms with E-state index in [2.05, 4.69) is 25.1 Å². The molecule has 24 heavy (non-hydrogen) atoms. The molecule has 0 saturated carbocycles. The summed E-state index contributed by atoms with van der Waals surface area (Å²) in [6.07, 6.45) is 3.41. The van der Waals surface area contributed by atoms with Crippen molar-refractivity contribution in [1.29, 1.82) is 0 Å². The van der Waals surface area contributed by atoms with Gasteiger partial charge in [0.25, 0.3) is 0 Å². The molecule has 0 radical (unpaired) electrons. The number of carbonyl (C=O) groups excluding carboxylic acids is 1. The van der Waals surface area contributed by atoms with Crippen molar-refractivity contribution in [2.45, 2.75) is 32.6 Å². The Bertz CT molecular complexity index is 865. The van der Waals surface area contributed by atoms with Crippen molar-refractivity contribution in [3.8, 4) is 5.75 Å². The van der Waals surface area contributed by atoms with E-state index < -0.39 is 0 Å². The molecule has 0 atom stereocenters. The minimum absolute atomic E-state index is 0.229. The lowest BCUT2D eigenvalue weighted by Crippen LogP contribution is -2.00. The van der Waals surface area contributed by atoms with Gasteiger partial charge in [0.15, 0.2) is 5.78 Å². The third kappa shape index (κ3) is 3.83. The van der Waals surface area contributed by atoms with Crippen LogP contribution in [-0.4, -0.2) is 10.9 Å². The number of ketones is 1. The van der Waals surface area contributed by atoms with E-state index in [1.165, 1.54) is 5.56 Å². The zero-order valence-corrected chi connectivity index (χ0v) is 14.0. The number of fused-ring (bicyclic) bond motifs is 1. The number of Topliss-reactive ketones (excluding diaryl/α,β-unsaturated/α-hetero) is 1.